The minimum Gasteiger partial charge on any atom is -0.480 e. The number of rotatable bonds is 7. The Labute approximate surface area is 100.0 Å². The molecule has 0 fully saturated rings. The highest BCUT2D eigenvalue weighted by Gasteiger charge is 2.18. The van der Waals surface area contributed by atoms with E-state index in [0.29, 0.717) is 12.8 Å². The topological polar surface area (TPSA) is 108 Å². The van der Waals surface area contributed by atoms with E-state index in [2.05, 4.69) is 16.0 Å². The van der Waals surface area contributed by atoms with Gasteiger partial charge in [0.25, 0.3) is 0 Å². The van der Waals surface area contributed by atoms with Gasteiger partial charge in [-0.25, -0.2) is 9.59 Å². The Morgan fingerprint density at radius 2 is 1.94 bits per heavy atom. The number of aliphatic carboxylic acids is 1. The maximum atomic E-state index is 11.3. The summed E-state index contributed by atoms with van der Waals surface area (Å²) in [5.41, 5.74) is 0. The van der Waals surface area contributed by atoms with Crippen LogP contribution < -0.4 is 16.0 Å². The van der Waals surface area contributed by atoms with Crippen molar-refractivity contribution >= 4 is 17.9 Å². The molecule has 0 aliphatic heterocycles. The molecular weight excluding hydrogens is 226 g/mol. The van der Waals surface area contributed by atoms with Crippen LogP contribution in [0.1, 0.15) is 26.2 Å². The Morgan fingerprint density at radius 3 is 2.41 bits per heavy atom. The standard InChI is InChI=1S/C10H19N3O4/c1-3-4-7(9(15)16)13-10(17)12-6-5-8(14)11-2/h7H,3-6H2,1-2H3,(H,11,14)(H,15,16)(H2,12,13,17). The van der Waals surface area contributed by atoms with Crippen LogP contribution in [-0.2, 0) is 9.59 Å². The lowest BCUT2D eigenvalue weighted by Crippen LogP contribution is -2.46. The van der Waals surface area contributed by atoms with E-state index in [4.69, 9.17) is 5.11 Å². The van der Waals surface area contributed by atoms with E-state index in [-0.39, 0.29) is 18.9 Å². The second-order valence-corrected chi connectivity index (χ2v) is 3.50. The molecule has 0 saturated carbocycles. The van der Waals surface area contributed by atoms with Crippen LogP contribution in [-0.4, -0.2) is 42.6 Å². The highest BCUT2D eigenvalue weighted by molar-refractivity contribution is 5.83. The van der Waals surface area contributed by atoms with Crippen molar-refractivity contribution in [2.24, 2.45) is 0 Å². The van der Waals surface area contributed by atoms with Gasteiger partial charge >= 0.3 is 12.0 Å². The second-order valence-electron chi connectivity index (χ2n) is 3.50. The first kappa shape index (κ1) is 15.2. The van der Waals surface area contributed by atoms with Crippen molar-refractivity contribution in [3.63, 3.8) is 0 Å². The lowest BCUT2D eigenvalue weighted by molar-refractivity contribution is -0.139. The number of hydrogen-bond acceptors (Lipinski definition) is 3. The van der Waals surface area contributed by atoms with Crippen LogP contribution in [0.15, 0.2) is 0 Å². The third-order valence-electron chi connectivity index (χ3n) is 2.10. The van der Waals surface area contributed by atoms with Crippen molar-refractivity contribution in [2.75, 3.05) is 13.6 Å². The van der Waals surface area contributed by atoms with E-state index in [1.165, 1.54) is 7.05 Å². The molecule has 98 valence electrons. The van der Waals surface area contributed by atoms with Gasteiger partial charge in [0.15, 0.2) is 0 Å². The highest BCUT2D eigenvalue weighted by atomic mass is 16.4. The summed E-state index contributed by atoms with van der Waals surface area (Å²) >= 11 is 0. The van der Waals surface area contributed by atoms with Crippen LogP contribution in [0.4, 0.5) is 4.79 Å². The van der Waals surface area contributed by atoms with E-state index >= 15 is 0 Å². The van der Waals surface area contributed by atoms with Gasteiger partial charge in [-0.2, -0.15) is 0 Å². The van der Waals surface area contributed by atoms with E-state index in [1.54, 1.807) is 0 Å². The van der Waals surface area contributed by atoms with E-state index in [9.17, 15) is 14.4 Å². The Balaban J connectivity index is 3.90. The molecule has 7 nitrogen and oxygen atoms in total. The second kappa shape index (κ2) is 8.37. The smallest absolute Gasteiger partial charge is 0.326 e. The number of nitrogens with one attached hydrogen (secondary N) is 3. The van der Waals surface area contributed by atoms with Gasteiger partial charge in [-0.15, -0.1) is 0 Å². The number of amides is 3. The average Bonchev–Trinajstić information content (AvgIpc) is 2.28. The molecule has 0 radical (unpaired) electrons. The summed E-state index contributed by atoms with van der Waals surface area (Å²) in [7, 11) is 1.50. The van der Waals surface area contributed by atoms with Crippen LogP contribution in [0.2, 0.25) is 0 Å². The lowest BCUT2D eigenvalue weighted by Gasteiger charge is -2.14. The summed E-state index contributed by atoms with van der Waals surface area (Å²) in [6, 6.07) is -1.46. The maximum absolute atomic E-state index is 11.3. The quantitative estimate of drug-likeness (QED) is 0.492. The molecule has 0 spiro atoms. The van der Waals surface area contributed by atoms with E-state index in [0.717, 1.165) is 0 Å². The fourth-order valence-electron chi connectivity index (χ4n) is 1.17. The molecule has 1 atom stereocenters. The van der Waals surface area contributed by atoms with Crippen molar-refractivity contribution < 1.29 is 19.5 Å². The van der Waals surface area contributed by atoms with Crippen molar-refractivity contribution in [1.82, 2.24) is 16.0 Å². The van der Waals surface area contributed by atoms with Crippen molar-refractivity contribution in [3.8, 4) is 0 Å². The fourth-order valence-corrected chi connectivity index (χ4v) is 1.17. The zero-order valence-electron chi connectivity index (χ0n) is 10.1. The van der Waals surface area contributed by atoms with Gasteiger partial charge in [-0.05, 0) is 6.42 Å². The van der Waals surface area contributed by atoms with Crippen LogP contribution in [0.25, 0.3) is 0 Å². The van der Waals surface area contributed by atoms with Crippen LogP contribution in [0.5, 0.6) is 0 Å². The largest absolute Gasteiger partial charge is 0.480 e. The number of urea groups is 1. The minimum atomic E-state index is -1.06. The van der Waals surface area contributed by atoms with Gasteiger partial charge in [0.1, 0.15) is 6.04 Å². The number of carbonyl (C=O) groups excluding carboxylic acids is 2. The Morgan fingerprint density at radius 1 is 1.29 bits per heavy atom. The molecule has 4 N–H and O–H groups in total. The summed E-state index contributed by atoms with van der Waals surface area (Å²) in [5.74, 6) is -1.25. The Kier molecular flexibility index (Phi) is 7.49. The molecule has 0 heterocycles. The first-order chi connectivity index (χ1) is 8.01. The molecular formula is C10H19N3O4. The lowest BCUT2D eigenvalue weighted by atomic mass is 10.2. The van der Waals surface area contributed by atoms with Gasteiger partial charge in [0, 0.05) is 20.0 Å². The zero-order valence-corrected chi connectivity index (χ0v) is 10.1. The van der Waals surface area contributed by atoms with Gasteiger partial charge in [-0.3, -0.25) is 4.79 Å². The maximum Gasteiger partial charge on any atom is 0.326 e. The fraction of sp³-hybridized carbons (Fsp3) is 0.700. The van der Waals surface area contributed by atoms with Crippen molar-refractivity contribution in [3.05, 3.63) is 0 Å². The molecule has 17 heavy (non-hydrogen) atoms. The number of carboxylic acid groups (broad SMARTS) is 1. The highest BCUT2D eigenvalue weighted by Crippen LogP contribution is 1.96. The zero-order chi connectivity index (χ0) is 13.3. The van der Waals surface area contributed by atoms with Crippen molar-refractivity contribution in [1.29, 1.82) is 0 Å². The summed E-state index contributed by atoms with van der Waals surface area (Å²) in [5, 5.41) is 16.0. The van der Waals surface area contributed by atoms with Gasteiger partial charge in [-0.1, -0.05) is 13.3 Å². The monoisotopic (exact) mass is 245 g/mol. The SMILES string of the molecule is CCCC(NC(=O)NCCC(=O)NC)C(=O)O. The predicted octanol–water partition coefficient (Wildman–Crippen LogP) is -0.325. The molecule has 0 aliphatic carbocycles. The molecule has 7 heteroatoms. The number of hydrogen-bond donors (Lipinski definition) is 4. The molecule has 0 bridgehead atoms. The molecule has 0 rings (SSSR count). The first-order valence-electron chi connectivity index (χ1n) is 5.49. The normalized spacial score (nSPS) is 11.4. The van der Waals surface area contributed by atoms with E-state index < -0.39 is 18.0 Å². The van der Waals surface area contributed by atoms with Gasteiger partial charge in [0.2, 0.25) is 5.91 Å². The van der Waals surface area contributed by atoms with Crippen molar-refractivity contribution in [2.45, 2.75) is 32.2 Å². The Hall–Kier alpha value is -1.79. The molecule has 0 aromatic heterocycles. The summed E-state index contributed by atoms with van der Waals surface area (Å²) < 4.78 is 0. The summed E-state index contributed by atoms with van der Waals surface area (Å²) in [6.45, 7) is 2.01. The molecule has 0 aliphatic rings. The van der Waals surface area contributed by atoms with Crippen LogP contribution in [0.3, 0.4) is 0 Å². The molecule has 0 saturated heterocycles. The molecule has 0 aromatic rings. The number of carbonyl (C=O) groups is 3. The predicted molar refractivity (Wildman–Crippen MR) is 61.5 cm³/mol. The third kappa shape index (κ3) is 7.15. The average molecular weight is 245 g/mol. The van der Waals surface area contributed by atoms with Crippen LogP contribution >= 0.6 is 0 Å². The molecule has 1 unspecified atom stereocenters. The Bertz CT molecular complexity index is 281. The number of carboxylic acids is 1. The van der Waals surface area contributed by atoms with E-state index in [1.807, 2.05) is 6.92 Å². The van der Waals surface area contributed by atoms with Gasteiger partial charge in [0.05, 0.1) is 0 Å². The third-order valence-corrected chi connectivity index (χ3v) is 2.10. The first-order valence-corrected chi connectivity index (χ1v) is 5.49. The minimum absolute atomic E-state index is 0.162. The summed E-state index contributed by atoms with van der Waals surface area (Å²) in [6.07, 6.45) is 1.20. The summed E-state index contributed by atoms with van der Waals surface area (Å²) in [4.78, 5) is 32.9. The van der Waals surface area contributed by atoms with Crippen LogP contribution in [0, 0.1) is 0 Å². The molecule has 0 aromatic carbocycles. The van der Waals surface area contributed by atoms with Gasteiger partial charge < -0.3 is 21.1 Å². The molecule has 3 amide bonds.